The molecule has 1 unspecified atom stereocenters. The summed E-state index contributed by atoms with van der Waals surface area (Å²) >= 11 is 0. The number of morpholine rings is 1. The third-order valence-electron chi connectivity index (χ3n) is 3.96. The van der Waals surface area contributed by atoms with E-state index in [-0.39, 0.29) is 0 Å². The smallest absolute Gasteiger partial charge is 0.0594 e. The van der Waals surface area contributed by atoms with Gasteiger partial charge in [-0.2, -0.15) is 0 Å². The Labute approximate surface area is 123 Å². The highest BCUT2D eigenvalue weighted by molar-refractivity contribution is 5.14. The van der Waals surface area contributed by atoms with Crippen molar-refractivity contribution in [2.24, 2.45) is 0 Å². The molecule has 0 aromatic heterocycles. The summed E-state index contributed by atoms with van der Waals surface area (Å²) in [6.45, 7) is 8.61. The highest BCUT2D eigenvalue weighted by atomic mass is 16.5. The van der Waals surface area contributed by atoms with Gasteiger partial charge in [-0.15, -0.1) is 0 Å². The number of nitrogens with one attached hydrogen (secondary N) is 1. The van der Waals surface area contributed by atoms with Crippen molar-refractivity contribution in [3.8, 4) is 0 Å². The van der Waals surface area contributed by atoms with Crippen LogP contribution < -0.4 is 5.32 Å². The number of benzene rings is 1. The average Bonchev–Trinajstić information content (AvgIpc) is 2.52. The van der Waals surface area contributed by atoms with Crippen molar-refractivity contribution in [2.75, 3.05) is 39.4 Å². The molecule has 0 radical (unpaired) electrons. The molecule has 0 spiro atoms. The lowest BCUT2D eigenvalue weighted by Gasteiger charge is -2.26. The Hall–Kier alpha value is -0.900. The van der Waals surface area contributed by atoms with Gasteiger partial charge in [-0.25, -0.2) is 0 Å². The highest BCUT2D eigenvalue weighted by Crippen LogP contribution is 2.05. The van der Waals surface area contributed by atoms with E-state index in [0.717, 1.165) is 32.8 Å². The summed E-state index contributed by atoms with van der Waals surface area (Å²) in [5, 5.41) is 3.63. The van der Waals surface area contributed by atoms with Gasteiger partial charge >= 0.3 is 0 Å². The van der Waals surface area contributed by atoms with E-state index in [1.807, 2.05) is 0 Å². The first-order chi connectivity index (χ1) is 9.84. The van der Waals surface area contributed by atoms with Crippen LogP contribution in [0.2, 0.25) is 0 Å². The topological polar surface area (TPSA) is 24.5 Å². The highest BCUT2D eigenvalue weighted by Gasteiger charge is 2.09. The first kappa shape index (κ1) is 15.5. The van der Waals surface area contributed by atoms with E-state index in [9.17, 15) is 0 Å². The molecule has 1 aromatic carbocycles. The second-order valence-corrected chi connectivity index (χ2v) is 5.69. The van der Waals surface area contributed by atoms with E-state index in [1.54, 1.807) is 0 Å². The summed E-state index contributed by atoms with van der Waals surface area (Å²) in [7, 11) is 0. The fourth-order valence-electron chi connectivity index (χ4n) is 2.61. The predicted molar refractivity (Wildman–Crippen MR) is 84.1 cm³/mol. The van der Waals surface area contributed by atoms with Crippen LogP contribution in [0.4, 0.5) is 0 Å². The van der Waals surface area contributed by atoms with Gasteiger partial charge in [0.2, 0.25) is 0 Å². The number of nitrogens with zero attached hydrogens (tertiary/aromatic N) is 1. The second-order valence-electron chi connectivity index (χ2n) is 5.69. The Morgan fingerprint density at radius 1 is 1.20 bits per heavy atom. The SMILES string of the molecule is CC(CCc1ccccc1)NCCCN1CCOCC1. The van der Waals surface area contributed by atoms with Crippen LogP contribution >= 0.6 is 0 Å². The lowest BCUT2D eigenvalue weighted by molar-refractivity contribution is 0.0374. The molecular formula is C17H28N2O. The molecule has 1 fully saturated rings. The van der Waals surface area contributed by atoms with E-state index in [4.69, 9.17) is 4.74 Å². The molecule has 112 valence electrons. The minimum Gasteiger partial charge on any atom is -0.379 e. The first-order valence-electron chi connectivity index (χ1n) is 7.92. The van der Waals surface area contributed by atoms with Crippen LogP contribution in [0, 0.1) is 0 Å². The lowest BCUT2D eigenvalue weighted by atomic mass is 10.1. The number of aryl methyl sites for hydroxylation is 1. The maximum absolute atomic E-state index is 5.36. The molecule has 3 nitrogen and oxygen atoms in total. The zero-order valence-corrected chi connectivity index (χ0v) is 12.7. The van der Waals surface area contributed by atoms with E-state index in [0.29, 0.717) is 6.04 Å². The molecule has 0 saturated carbocycles. The number of ether oxygens (including phenoxy) is 1. The summed E-state index contributed by atoms with van der Waals surface area (Å²) in [4.78, 5) is 2.50. The predicted octanol–water partition coefficient (Wildman–Crippen LogP) is 2.32. The molecule has 0 bridgehead atoms. The number of hydrogen-bond acceptors (Lipinski definition) is 3. The van der Waals surface area contributed by atoms with Crippen molar-refractivity contribution in [1.82, 2.24) is 10.2 Å². The van der Waals surface area contributed by atoms with Crippen LogP contribution in [0.5, 0.6) is 0 Å². The van der Waals surface area contributed by atoms with Crippen molar-refractivity contribution < 1.29 is 4.74 Å². The van der Waals surface area contributed by atoms with E-state index in [1.165, 1.54) is 31.4 Å². The molecule has 20 heavy (non-hydrogen) atoms. The van der Waals surface area contributed by atoms with Gasteiger partial charge in [0.25, 0.3) is 0 Å². The van der Waals surface area contributed by atoms with Crippen LogP contribution in [-0.2, 0) is 11.2 Å². The standard InChI is InChI=1S/C17H28N2O/c1-16(8-9-17-6-3-2-4-7-17)18-10-5-11-19-12-14-20-15-13-19/h2-4,6-7,16,18H,5,8-15H2,1H3. The van der Waals surface area contributed by atoms with Gasteiger partial charge in [0.15, 0.2) is 0 Å². The molecule has 0 amide bonds. The second kappa shape index (κ2) is 9.11. The summed E-state index contributed by atoms with van der Waals surface area (Å²) in [6.07, 6.45) is 3.61. The summed E-state index contributed by atoms with van der Waals surface area (Å²) in [5.41, 5.74) is 1.44. The molecule has 1 aliphatic rings. The monoisotopic (exact) mass is 276 g/mol. The van der Waals surface area contributed by atoms with E-state index >= 15 is 0 Å². The van der Waals surface area contributed by atoms with Crippen molar-refractivity contribution in [2.45, 2.75) is 32.2 Å². The largest absolute Gasteiger partial charge is 0.379 e. The average molecular weight is 276 g/mol. The van der Waals surface area contributed by atoms with Crippen LogP contribution in [-0.4, -0.2) is 50.3 Å². The van der Waals surface area contributed by atoms with Gasteiger partial charge in [-0.05, 0) is 44.8 Å². The van der Waals surface area contributed by atoms with Crippen molar-refractivity contribution in [1.29, 1.82) is 0 Å². The molecule has 1 heterocycles. The molecule has 1 N–H and O–H groups in total. The molecule has 1 atom stereocenters. The van der Waals surface area contributed by atoms with Gasteiger partial charge in [0.1, 0.15) is 0 Å². The van der Waals surface area contributed by atoms with Crippen LogP contribution in [0.15, 0.2) is 30.3 Å². The van der Waals surface area contributed by atoms with Gasteiger partial charge < -0.3 is 10.1 Å². The zero-order chi connectivity index (χ0) is 14.0. The fraction of sp³-hybridized carbons (Fsp3) is 0.647. The fourth-order valence-corrected chi connectivity index (χ4v) is 2.61. The van der Waals surface area contributed by atoms with Crippen molar-refractivity contribution in [3.63, 3.8) is 0 Å². The number of rotatable bonds is 8. The molecule has 2 rings (SSSR count). The van der Waals surface area contributed by atoms with Crippen LogP contribution in [0.25, 0.3) is 0 Å². The molecular weight excluding hydrogens is 248 g/mol. The lowest BCUT2D eigenvalue weighted by Crippen LogP contribution is -2.38. The van der Waals surface area contributed by atoms with Gasteiger partial charge in [0.05, 0.1) is 13.2 Å². The summed E-state index contributed by atoms with van der Waals surface area (Å²) in [5.74, 6) is 0. The van der Waals surface area contributed by atoms with Gasteiger partial charge in [-0.1, -0.05) is 30.3 Å². The molecule has 1 aliphatic heterocycles. The van der Waals surface area contributed by atoms with Gasteiger partial charge in [-0.3, -0.25) is 4.90 Å². The van der Waals surface area contributed by atoms with E-state index < -0.39 is 0 Å². The molecule has 1 aromatic rings. The summed E-state index contributed by atoms with van der Waals surface area (Å²) in [6, 6.07) is 11.3. The Morgan fingerprint density at radius 2 is 1.95 bits per heavy atom. The first-order valence-corrected chi connectivity index (χ1v) is 7.92. The molecule has 1 saturated heterocycles. The van der Waals surface area contributed by atoms with E-state index in [2.05, 4.69) is 47.5 Å². The third-order valence-corrected chi connectivity index (χ3v) is 3.96. The normalized spacial score (nSPS) is 18.1. The Morgan fingerprint density at radius 3 is 2.70 bits per heavy atom. The van der Waals surface area contributed by atoms with Crippen LogP contribution in [0.1, 0.15) is 25.3 Å². The Bertz CT molecular complexity index is 349. The maximum Gasteiger partial charge on any atom is 0.0594 e. The zero-order valence-electron chi connectivity index (χ0n) is 12.7. The van der Waals surface area contributed by atoms with Gasteiger partial charge in [0, 0.05) is 19.1 Å². The maximum atomic E-state index is 5.36. The Kier molecular flexibility index (Phi) is 7.06. The Balaban J connectivity index is 1.50. The quantitative estimate of drug-likeness (QED) is 0.738. The third kappa shape index (κ3) is 6.04. The van der Waals surface area contributed by atoms with Crippen LogP contribution in [0.3, 0.4) is 0 Å². The molecule has 3 heteroatoms. The van der Waals surface area contributed by atoms with Crippen molar-refractivity contribution in [3.05, 3.63) is 35.9 Å². The minimum atomic E-state index is 0.597. The van der Waals surface area contributed by atoms with Crippen molar-refractivity contribution >= 4 is 0 Å². The number of hydrogen-bond donors (Lipinski definition) is 1. The minimum absolute atomic E-state index is 0.597. The molecule has 0 aliphatic carbocycles. The summed E-state index contributed by atoms with van der Waals surface area (Å²) < 4.78 is 5.36.